The van der Waals surface area contributed by atoms with Gasteiger partial charge in [0.15, 0.2) is 0 Å². The summed E-state index contributed by atoms with van der Waals surface area (Å²) >= 11 is 0. The van der Waals surface area contributed by atoms with Gasteiger partial charge in [-0.05, 0) is 18.2 Å². The van der Waals surface area contributed by atoms with Crippen molar-refractivity contribution in [3.05, 3.63) is 29.3 Å². The molecule has 0 radical (unpaired) electrons. The first-order chi connectivity index (χ1) is 8.70. The van der Waals surface area contributed by atoms with Crippen molar-refractivity contribution in [2.75, 3.05) is 26.2 Å². The van der Waals surface area contributed by atoms with Crippen molar-refractivity contribution < 1.29 is 4.74 Å². The maximum Gasteiger partial charge on any atom is 0.124 e. The zero-order valence-corrected chi connectivity index (χ0v) is 11.3. The number of benzene rings is 1. The van der Waals surface area contributed by atoms with Gasteiger partial charge in [-0.15, -0.1) is 0 Å². The van der Waals surface area contributed by atoms with Crippen molar-refractivity contribution in [1.29, 1.82) is 0 Å². The van der Waals surface area contributed by atoms with Crippen molar-refractivity contribution >= 4 is 0 Å². The molecule has 2 aliphatic rings. The van der Waals surface area contributed by atoms with Gasteiger partial charge in [0.05, 0.1) is 6.61 Å². The van der Waals surface area contributed by atoms with Gasteiger partial charge >= 0.3 is 0 Å². The van der Waals surface area contributed by atoms with Crippen LogP contribution < -0.4 is 10.1 Å². The second kappa shape index (κ2) is 4.56. The molecule has 3 heteroatoms. The summed E-state index contributed by atoms with van der Waals surface area (Å²) in [6, 6.07) is 6.39. The van der Waals surface area contributed by atoms with Gasteiger partial charge < -0.3 is 15.0 Å². The third kappa shape index (κ3) is 2.13. The van der Waals surface area contributed by atoms with E-state index in [2.05, 4.69) is 42.3 Å². The number of ether oxygens (including phenoxy) is 1. The molecule has 0 bridgehead atoms. The van der Waals surface area contributed by atoms with Crippen molar-refractivity contribution in [3.63, 3.8) is 0 Å². The molecule has 2 aliphatic heterocycles. The normalized spacial score (nSPS) is 21.4. The molecule has 0 amide bonds. The highest BCUT2D eigenvalue weighted by Gasteiger charge is 2.38. The van der Waals surface area contributed by atoms with Gasteiger partial charge in [0.1, 0.15) is 5.75 Å². The van der Waals surface area contributed by atoms with Crippen molar-refractivity contribution in [1.82, 2.24) is 10.2 Å². The zero-order valence-electron chi connectivity index (χ0n) is 11.3. The molecule has 0 aliphatic carbocycles. The first-order valence-electron chi connectivity index (χ1n) is 6.87. The average molecular weight is 246 g/mol. The molecule has 1 N–H and O–H groups in total. The van der Waals surface area contributed by atoms with Crippen molar-refractivity contribution in [2.24, 2.45) is 5.41 Å². The topological polar surface area (TPSA) is 24.5 Å². The molecule has 1 fully saturated rings. The molecule has 0 spiro atoms. The van der Waals surface area contributed by atoms with E-state index in [0.29, 0.717) is 5.41 Å². The highest BCUT2D eigenvalue weighted by atomic mass is 16.5. The number of rotatable bonds is 4. The lowest BCUT2D eigenvalue weighted by Gasteiger charge is -2.47. The Morgan fingerprint density at radius 2 is 2.17 bits per heavy atom. The van der Waals surface area contributed by atoms with E-state index < -0.39 is 0 Å². The van der Waals surface area contributed by atoms with Crippen LogP contribution >= 0.6 is 0 Å². The molecular weight excluding hydrogens is 224 g/mol. The lowest BCUT2D eigenvalue weighted by atomic mass is 9.83. The summed E-state index contributed by atoms with van der Waals surface area (Å²) in [5.41, 5.74) is 3.08. The van der Waals surface area contributed by atoms with Crippen LogP contribution in [0.15, 0.2) is 18.2 Å². The summed E-state index contributed by atoms with van der Waals surface area (Å²) in [6.07, 6.45) is 0. The van der Waals surface area contributed by atoms with Gasteiger partial charge in [0.25, 0.3) is 0 Å². The Morgan fingerprint density at radius 3 is 2.94 bits per heavy atom. The van der Waals surface area contributed by atoms with E-state index in [-0.39, 0.29) is 0 Å². The van der Waals surface area contributed by atoms with Crippen LogP contribution in [-0.2, 0) is 13.1 Å². The van der Waals surface area contributed by atoms with E-state index >= 15 is 0 Å². The molecule has 1 aromatic carbocycles. The Bertz CT molecular complexity index is 438. The fourth-order valence-electron chi connectivity index (χ4n) is 3.03. The van der Waals surface area contributed by atoms with Crippen molar-refractivity contribution in [3.8, 4) is 5.75 Å². The summed E-state index contributed by atoms with van der Waals surface area (Å²) in [5, 5.41) is 3.38. The van der Waals surface area contributed by atoms with E-state index in [1.54, 1.807) is 0 Å². The molecule has 1 aromatic rings. The van der Waals surface area contributed by atoms with Gasteiger partial charge in [-0.25, -0.2) is 0 Å². The Balaban J connectivity index is 1.63. The number of fused-ring (bicyclic) bond motifs is 1. The Hall–Kier alpha value is -1.06. The van der Waals surface area contributed by atoms with Crippen LogP contribution in [0.4, 0.5) is 0 Å². The highest BCUT2D eigenvalue weighted by Crippen LogP contribution is 2.32. The summed E-state index contributed by atoms with van der Waals surface area (Å²) in [5.74, 6) is 1.08. The molecule has 3 nitrogen and oxygen atoms in total. The van der Waals surface area contributed by atoms with Gasteiger partial charge in [0.2, 0.25) is 0 Å². The van der Waals surface area contributed by atoms with Gasteiger partial charge in [-0.1, -0.05) is 26.0 Å². The summed E-state index contributed by atoms with van der Waals surface area (Å²) in [6.45, 7) is 10.8. The molecule has 0 aromatic heterocycles. The van der Waals surface area contributed by atoms with Crippen LogP contribution in [0.5, 0.6) is 5.75 Å². The monoisotopic (exact) mass is 246 g/mol. The van der Waals surface area contributed by atoms with Gasteiger partial charge in [-0.3, -0.25) is 0 Å². The summed E-state index contributed by atoms with van der Waals surface area (Å²) in [4.78, 5) is 2.46. The van der Waals surface area contributed by atoms with Crippen LogP contribution in [0, 0.1) is 5.41 Å². The Morgan fingerprint density at radius 1 is 1.33 bits per heavy atom. The summed E-state index contributed by atoms with van der Waals surface area (Å²) < 4.78 is 6.08. The number of hydrogen-bond donors (Lipinski definition) is 1. The average Bonchev–Trinajstić information content (AvgIpc) is 2.81. The molecule has 1 saturated heterocycles. The molecule has 0 unspecified atom stereocenters. The minimum atomic E-state index is 0.338. The fraction of sp³-hybridized carbons (Fsp3) is 0.600. The first kappa shape index (κ1) is 12.0. The standard InChI is InChI=1S/C15H22N2O/c1-3-17-9-15(2,10-17)11-18-14-6-4-5-12-7-16-8-13(12)14/h4-6,16H,3,7-11H2,1-2H3. The quantitative estimate of drug-likeness (QED) is 0.879. The van der Waals surface area contributed by atoms with Crippen LogP contribution in [0.25, 0.3) is 0 Å². The van der Waals surface area contributed by atoms with Crippen LogP contribution in [0.3, 0.4) is 0 Å². The number of likely N-dealkylation sites (tertiary alicyclic amines) is 1. The van der Waals surface area contributed by atoms with E-state index in [1.165, 1.54) is 11.1 Å². The summed E-state index contributed by atoms with van der Waals surface area (Å²) in [7, 11) is 0. The highest BCUT2D eigenvalue weighted by molar-refractivity contribution is 5.42. The number of nitrogens with zero attached hydrogens (tertiary/aromatic N) is 1. The van der Waals surface area contributed by atoms with Crippen LogP contribution in [0.2, 0.25) is 0 Å². The van der Waals surface area contributed by atoms with E-state index in [9.17, 15) is 0 Å². The molecule has 0 atom stereocenters. The lowest BCUT2D eigenvalue weighted by molar-refractivity contribution is -0.0157. The predicted octanol–water partition coefficient (Wildman–Crippen LogP) is 2.01. The third-order valence-electron chi connectivity index (χ3n) is 4.08. The molecule has 98 valence electrons. The van der Waals surface area contributed by atoms with Gasteiger partial charge in [-0.2, -0.15) is 0 Å². The first-order valence-corrected chi connectivity index (χ1v) is 6.87. The molecule has 0 saturated carbocycles. The van der Waals surface area contributed by atoms with Crippen molar-refractivity contribution in [2.45, 2.75) is 26.9 Å². The Kier molecular flexibility index (Phi) is 3.04. The molecular formula is C15H22N2O. The third-order valence-corrected chi connectivity index (χ3v) is 4.08. The predicted molar refractivity (Wildman–Crippen MR) is 72.7 cm³/mol. The Labute approximate surface area is 109 Å². The maximum absolute atomic E-state index is 6.08. The smallest absolute Gasteiger partial charge is 0.124 e. The minimum absolute atomic E-state index is 0.338. The van der Waals surface area contributed by atoms with E-state index in [4.69, 9.17) is 4.74 Å². The number of hydrogen-bond acceptors (Lipinski definition) is 3. The zero-order chi connectivity index (χ0) is 12.6. The lowest BCUT2D eigenvalue weighted by Crippen LogP contribution is -2.57. The van der Waals surface area contributed by atoms with E-state index in [0.717, 1.165) is 45.1 Å². The molecule has 18 heavy (non-hydrogen) atoms. The van der Waals surface area contributed by atoms with E-state index in [1.807, 2.05) is 0 Å². The fourth-order valence-corrected chi connectivity index (χ4v) is 3.03. The maximum atomic E-state index is 6.08. The van der Waals surface area contributed by atoms with Crippen LogP contribution in [-0.4, -0.2) is 31.1 Å². The van der Waals surface area contributed by atoms with Gasteiger partial charge in [0, 0.05) is 37.2 Å². The molecule has 2 heterocycles. The SMILES string of the molecule is CCN1CC(C)(COc2cccc3c2CNC3)C1. The second-order valence-corrected chi connectivity index (χ2v) is 5.90. The molecule has 3 rings (SSSR count). The minimum Gasteiger partial charge on any atom is -0.493 e. The van der Waals surface area contributed by atoms with Crippen LogP contribution in [0.1, 0.15) is 25.0 Å². The second-order valence-electron chi connectivity index (χ2n) is 5.90. The largest absolute Gasteiger partial charge is 0.493 e. The number of nitrogens with one attached hydrogen (secondary N) is 1.